The molecule has 1 aromatic rings. The molecule has 1 aromatic carbocycles. The van der Waals surface area contributed by atoms with Crippen LogP contribution in [0.3, 0.4) is 0 Å². The topological polar surface area (TPSA) is 0 Å². The van der Waals surface area contributed by atoms with Crippen molar-refractivity contribution in [2.24, 2.45) is 5.41 Å². The Bertz CT molecular complexity index is 308. The molecule has 0 aliphatic carbocycles. The summed E-state index contributed by atoms with van der Waals surface area (Å²) in [5.41, 5.74) is 3.29. The van der Waals surface area contributed by atoms with Crippen LogP contribution in [0.4, 0.5) is 0 Å². The van der Waals surface area contributed by atoms with Crippen molar-refractivity contribution in [3.8, 4) is 0 Å². The van der Waals surface area contributed by atoms with Gasteiger partial charge in [0.1, 0.15) is 0 Å². The average Bonchev–Trinajstić information content (AvgIpc) is 2.06. The number of benzene rings is 1. The maximum atomic E-state index is 2.35. The summed E-state index contributed by atoms with van der Waals surface area (Å²) in [6.07, 6.45) is 2.38. The molecule has 0 atom stereocenters. The van der Waals surface area contributed by atoms with Crippen molar-refractivity contribution in [3.63, 3.8) is 0 Å². The summed E-state index contributed by atoms with van der Waals surface area (Å²) < 4.78 is 0. The van der Waals surface area contributed by atoms with E-state index in [9.17, 15) is 0 Å². The summed E-state index contributed by atoms with van der Waals surface area (Å²) in [7, 11) is 0. The smallest absolute Gasteiger partial charge is 0.0224 e. The summed E-state index contributed by atoms with van der Waals surface area (Å²) in [6.45, 7) is 11.4. The summed E-state index contributed by atoms with van der Waals surface area (Å²) in [5.74, 6) is 1.52. The lowest BCUT2D eigenvalue weighted by Gasteiger charge is -2.27. The molecule has 0 saturated heterocycles. The van der Waals surface area contributed by atoms with Crippen molar-refractivity contribution >= 4 is 0 Å². The molecule has 0 heterocycles. The van der Waals surface area contributed by atoms with Crippen molar-refractivity contribution in [2.45, 2.75) is 47.5 Å². The Labute approximate surface area is 94.7 Å². The molecular weight excluding hydrogens is 180 g/mol. The molecule has 0 spiro atoms. The Morgan fingerprint density at radius 2 is 1.73 bits per heavy atom. The molecule has 0 nitrogen and oxygen atoms in total. The first-order valence-electron chi connectivity index (χ1n) is 5.74. The van der Waals surface area contributed by atoms with Crippen LogP contribution >= 0.6 is 0 Å². The van der Waals surface area contributed by atoms with Crippen LogP contribution in [0.5, 0.6) is 0 Å². The van der Waals surface area contributed by atoms with Gasteiger partial charge in [0, 0.05) is 0 Å². The molecule has 0 unspecified atom stereocenters. The van der Waals surface area contributed by atoms with Crippen molar-refractivity contribution < 1.29 is 0 Å². The highest BCUT2D eigenvalue weighted by molar-refractivity contribution is 5.26. The molecule has 0 aliphatic rings. The molecule has 1 rings (SSSR count). The molecule has 1 radical (unpaired) electrons. The Hall–Kier alpha value is -0.780. The number of rotatable bonds is 4. The summed E-state index contributed by atoms with van der Waals surface area (Å²) in [6, 6.07) is 8.71. The Morgan fingerprint density at radius 3 is 2.27 bits per heavy atom. The predicted molar refractivity (Wildman–Crippen MR) is 67.9 cm³/mol. The molecule has 0 amide bonds. The molecular formula is C15H23. The lowest BCUT2D eigenvalue weighted by atomic mass is 9.78. The van der Waals surface area contributed by atoms with Gasteiger partial charge in [-0.15, -0.1) is 0 Å². The van der Waals surface area contributed by atoms with Crippen molar-refractivity contribution in [1.29, 1.82) is 0 Å². The van der Waals surface area contributed by atoms with E-state index in [1.54, 1.807) is 0 Å². The van der Waals surface area contributed by atoms with Gasteiger partial charge in [0.05, 0.1) is 0 Å². The maximum Gasteiger partial charge on any atom is -0.0224 e. The molecule has 0 N–H and O–H groups in total. The molecule has 0 bridgehead atoms. The minimum atomic E-state index is 0.380. The van der Waals surface area contributed by atoms with E-state index >= 15 is 0 Å². The van der Waals surface area contributed by atoms with Crippen molar-refractivity contribution in [3.05, 3.63) is 41.3 Å². The third kappa shape index (κ3) is 4.07. The maximum absolute atomic E-state index is 2.35. The van der Waals surface area contributed by atoms with Gasteiger partial charge in [0.2, 0.25) is 0 Å². The largest absolute Gasteiger partial charge is 0.0620 e. The first-order chi connectivity index (χ1) is 6.91. The SMILES string of the molecule is C[C](C)CC(C)(C)Cc1ccccc1C. The molecule has 0 saturated carbocycles. The van der Waals surface area contributed by atoms with Crippen LogP contribution in [-0.4, -0.2) is 0 Å². The van der Waals surface area contributed by atoms with Crippen molar-refractivity contribution in [1.82, 2.24) is 0 Å². The quantitative estimate of drug-likeness (QED) is 0.672. The van der Waals surface area contributed by atoms with E-state index in [2.05, 4.69) is 58.9 Å². The van der Waals surface area contributed by atoms with Crippen LogP contribution in [-0.2, 0) is 6.42 Å². The second kappa shape index (κ2) is 4.83. The van der Waals surface area contributed by atoms with Gasteiger partial charge in [-0.05, 0) is 42.2 Å². The lowest BCUT2D eigenvalue weighted by molar-refractivity contribution is 0.342. The minimum Gasteiger partial charge on any atom is -0.0620 e. The lowest BCUT2D eigenvalue weighted by Crippen LogP contribution is -2.17. The van der Waals surface area contributed by atoms with E-state index in [1.807, 2.05) is 0 Å². The van der Waals surface area contributed by atoms with E-state index in [4.69, 9.17) is 0 Å². The van der Waals surface area contributed by atoms with E-state index in [1.165, 1.54) is 29.9 Å². The summed E-state index contributed by atoms with van der Waals surface area (Å²) in [4.78, 5) is 0. The monoisotopic (exact) mass is 203 g/mol. The molecule has 0 heteroatoms. The molecule has 83 valence electrons. The second-order valence-corrected chi connectivity index (χ2v) is 5.65. The standard InChI is InChI=1S/C15H23/c1-12(2)10-15(4,5)11-14-9-7-6-8-13(14)3/h6-9H,10-11H2,1-5H3. The number of aryl methyl sites for hydroxylation is 1. The fraction of sp³-hybridized carbons (Fsp3) is 0.533. The summed E-state index contributed by atoms with van der Waals surface area (Å²) in [5, 5.41) is 0. The van der Waals surface area contributed by atoms with Crippen LogP contribution in [0.25, 0.3) is 0 Å². The highest BCUT2D eigenvalue weighted by Crippen LogP contribution is 2.31. The fourth-order valence-corrected chi connectivity index (χ4v) is 2.34. The second-order valence-electron chi connectivity index (χ2n) is 5.65. The third-order valence-electron chi connectivity index (χ3n) is 2.76. The Kier molecular flexibility index (Phi) is 3.96. The molecule has 0 fully saturated rings. The van der Waals surface area contributed by atoms with Crippen LogP contribution in [0, 0.1) is 18.3 Å². The van der Waals surface area contributed by atoms with Gasteiger partial charge >= 0.3 is 0 Å². The zero-order chi connectivity index (χ0) is 11.5. The first kappa shape index (κ1) is 12.3. The van der Waals surface area contributed by atoms with E-state index in [-0.39, 0.29) is 0 Å². The van der Waals surface area contributed by atoms with E-state index < -0.39 is 0 Å². The van der Waals surface area contributed by atoms with Crippen LogP contribution in [0.1, 0.15) is 45.2 Å². The van der Waals surface area contributed by atoms with Gasteiger partial charge in [-0.3, -0.25) is 0 Å². The van der Waals surface area contributed by atoms with Gasteiger partial charge in [0.25, 0.3) is 0 Å². The van der Waals surface area contributed by atoms with E-state index in [0.29, 0.717) is 5.41 Å². The molecule has 0 aromatic heterocycles. The summed E-state index contributed by atoms with van der Waals surface area (Å²) >= 11 is 0. The predicted octanol–water partition coefficient (Wildman–Crippen LogP) is 4.57. The Balaban J connectivity index is 2.73. The highest BCUT2D eigenvalue weighted by Gasteiger charge is 2.20. The van der Waals surface area contributed by atoms with Gasteiger partial charge in [0.15, 0.2) is 0 Å². The van der Waals surface area contributed by atoms with Crippen molar-refractivity contribution in [2.75, 3.05) is 0 Å². The van der Waals surface area contributed by atoms with Gasteiger partial charge in [-0.2, -0.15) is 0 Å². The minimum absolute atomic E-state index is 0.380. The van der Waals surface area contributed by atoms with E-state index in [0.717, 1.165) is 0 Å². The van der Waals surface area contributed by atoms with Gasteiger partial charge < -0.3 is 0 Å². The van der Waals surface area contributed by atoms with Gasteiger partial charge in [-0.25, -0.2) is 0 Å². The fourth-order valence-electron chi connectivity index (χ4n) is 2.34. The van der Waals surface area contributed by atoms with Crippen LogP contribution in [0.2, 0.25) is 0 Å². The number of hydrogen-bond donors (Lipinski definition) is 0. The first-order valence-corrected chi connectivity index (χ1v) is 5.74. The third-order valence-corrected chi connectivity index (χ3v) is 2.76. The van der Waals surface area contributed by atoms with Crippen LogP contribution in [0.15, 0.2) is 24.3 Å². The molecule has 15 heavy (non-hydrogen) atoms. The van der Waals surface area contributed by atoms with Crippen LogP contribution < -0.4 is 0 Å². The zero-order valence-electron chi connectivity index (χ0n) is 10.7. The normalized spacial score (nSPS) is 12.1. The average molecular weight is 203 g/mol. The van der Waals surface area contributed by atoms with Gasteiger partial charge in [-0.1, -0.05) is 52.0 Å². The Morgan fingerprint density at radius 1 is 1.13 bits per heavy atom. The molecule has 0 aliphatic heterocycles. The zero-order valence-corrected chi connectivity index (χ0v) is 10.7. The number of hydrogen-bond acceptors (Lipinski definition) is 0. The highest BCUT2D eigenvalue weighted by atomic mass is 14.3.